The SMILES string of the molecule is CC(C)OC(=O)CSc1nc2ccccc2c(=O)n1CCCc1ccccc1. The number of para-hydroxylation sites is 1. The van der Waals surface area contributed by atoms with Crippen molar-refractivity contribution in [3.63, 3.8) is 0 Å². The van der Waals surface area contributed by atoms with Crippen molar-refractivity contribution in [2.24, 2.45) is 0 Å². The molecular formula is C22H24N2O3S. The highest BCUT2D eigenvalue weighted by Gasteiger charge is 2.14. The van der Waals surface area contributed by atoms with E-state index >= 15 is 0 Å². The van der Waals surface area contributed by atoms with E-state index in [9.17, 15) is 9.59 Å². The van der Waals surface area contributed by atoms with Crippen LogP contribution in [0.5, 0.6) is 0 Å². The van der Waals surface area contributed by atoms with E-state index in [2.05, 4.69) is 17.1 Å². The Labute approximate surface area is 168 Å². The van der Waals surface area contributed by atoms with E-state index in [1.165, 1.54) is 17.3 Å². The van der Waals surface area contributed by atoms with Gasteiger partial charge in [-0.3, -0.25) is 14.2 Å². The molecule has 146 valence electrons. The smallest absolute Gasteiger partial charge is 0.316 e. The molecule has 0 aliphatic carbocycles. The van der Waals surface area contributed by atoms with Crippen LogP contribution in [0.3, 0.4) is 0 Å². The number of ether oxygens (including phenoxy) is 1. The summed E-state index contributed by atoms with van der Waals surface area (Å²) in [5.41, 5.74) is 1.81. The van der Waals surface area contributed by atoms with E-state index in [0.717, 1.165) is 12.8 Å². The molecule has 3 aromatic rings. The molecule has 0 saturated heterocycles. The number of esters is 1. The van der Waals surface area contributed by atoms with Gasteiger partial charge < -0.3 is 4.74 Å². The van der Waals surface area contributed by atoms with Gasteiger partial charge in [0.15, 0.2) is 5.16 Å². The second-order valence-corrected chi connectivity index (χ2v) is 7.73. The van der Waals surface area contributed by atoms with E-state index in [4.69, 9.17) is 4.74 Å². The summed E-state index contributed by atoms with van der Waals surface area (Å²) < 4.78 is 6.87. The van der Waals surface area contributed by atoms with Gasteiger partial charge in [-0.05, 0) is 44.4 Å². The summed E-state index contributed by atoms with van der Waals surface area (Å²) in [7, 11) is 0. The van der Waals surface area contributed by atoms with Crippen LogP contribution in [-0.2, 0) is 22.5 Å². The van der Waals surface area contributed by atoms with Crippen LogP contribution in [-0.4, -0.2) is 27.4 Å². The highest BCUT2D eigenvalue weighted by atomic mass is 32.2. The maximum Gasteiger partial charge on any atom is 0.316 e. The second kappa shape index (κ2) is 9.55. The Bertz CT molecular complexity index is 1000. The molecule has 5 nitrogen and oxygen atoms in total. The number of aryl methyl sites for hydroxylation is 1. The number of rotatable bonds is 8. The number of thioether (sulfide) groups is 1. The quantitative estimate of drug-likeness (QED) is 0.326. The first-order valence-electron chi connectivity index (χ1n) is 9.40. The highest BCUT2D eigenvalue weighted by molar-refractivity contribution is 7.99. The lowest BCUT2D eigenvalue weighted by atomic mass is 10.1. The Hall–Kier alpha value is -2.60. The van der Waals surface area contributed by atoms with Crippen molar-refractivity contribution in [1.82, 2.24) is 9.55 Å². The van der Waals surface area contributed by atoms with Crippen LogP contribution in [0.25, 0.3) is 10.9 Å². The maximum absolute atomic E-state index is 13.0. The molecule has 3 rings (SSSR count). The molecule has 6 heteroatoms. The normalized spacial score (nSPS) is 11.1. The number of benzene rings is 2. The average molecular weight is 397 g/mol. The molecule has 0 unspecified atom stereocenters. The first-order chi connectivity index (χ1) is 13.5. The third kappa shape index (κ3) is 5.23. The zero-order valence-electron chi connectivity index (χ0n) is 16.1. The summed E-state index contributed by atoms with van der Waals surface area (Å²) in [6.07, 6.45) is 1.53. The summed E-state index contributed by atoms with van der Waals surface area (Å²) in [6.45, 7) is 4.18. The molecule has 0 amide bonds. The van der Waals surface area contributed by atoms with Crippen LogP contribution in [0, 0.1) is 0 Å². The Morgan fingerprint density at radius 1 is 1.11 bits per heavy atom. The van der Waals surface area contributed by atoms with Crippen molar-refractivity contribution < 1.29 is 9.53 Å². The molecule has 28 heavy (non-hydrogen) atoms. The van der Waals surface area contributed by atoms with Gasteiger partial charge in [0.2, 0.25) is 0 Å². The fourth-order valence-corrected chi connectivity index (χ4v) is 3.77. The van der Waals surface area contributed by atoms with Crippen LogP contribution in [0.15, 0.2) is 64.5 Å². The maximum atomic E-state index is 13.0. The van der Waals surface area contributed by atoms with E-state index in [1.54, 1.807) is 10.6 Å². The molecule has 0 spiro atoms. The standard InChI is InChI=1S/C22H24N2O3S/c1-16(2)27-20(25)15-28-22-23-19-13-7-6-12-18(19)21(26)24(22)14-8-11-17-9-4-3-5-10-17/h3-7,9-10,12-13,16H,8,11,14-15H2,1-2H3. The molecule has 0 N–H and O–H groups in total. The zero-order chi connectivity index (χ0) is 19.9. The predicted molar refractivity (Wildman–Crippen MR) is 113 cm³/mol. The van der Waals surface area contributed by atoms with Gasteiger partial charge >= 0.3 is 5.97 Å². The number of hydrogen-bond donors (Lipinski definition) is 0. The Morgan fingerprint density at radius 2 is 1.82 bits per heavy atom. The number of aromatic nitrogens is 2. The van der Waals surface area contributed by atoms with Gasteiger partial charge in [0, 0.05) is 6.54 Å². The van der Waals surface area contributed by atoms with E-state index < -0.39 is 0 Å². The second-order valence-electron chi connectivity index (χ2n) is 6.78. The number of nitrogens with zero attached hydrogens (tertiary/aromatic N) is 2. The van der Waals surface area contributed by atoms with Crippen LogP contribution in [0.4, 0.5) is 0 Å². The lowest BCUT2D eigenvalue weighted by Crippen LogP contribution is -2.24. The minimum absolute atomic E-state index is 0.0709. The van der Waals surface area contributed by atoms with Crippen molar-refractivity contribution in [3.05, 3.63) is 70.5 Å². The Kier molecular flexibility index (Phi) is 6.87. The largest absolute Gasteiger partial charge is 0.462 e. The zero-order valence-corrected chi connectivity index (χ0v) is 16.9. The van der Waals surface area contributed by atoms with Gasteiger partial charge in [-0.15, -0.1) is 0 Å². The summed E-state index contributed by atoms with van der Waals surface area (Å²) in [4.78, 5) is 29.6. The third-order valence-corrected chi connectivity index (χ3v) is 5.15. The van der Waals surface area contributed by atoms with E-state index in [-0.39, 0.29) is 23.4 Å². The summed E-state index contributed by atoms with van der Waals surface area (Å²) in [5.74, 6) is -0.181. The number of hydrogen-bond acceptors (Lipinski definition) is 5. The van der Waals surface area contributed by atoms with Crippen molar-refractivity contribution in [2.75, 3.05) is 5.75 Å². The number of fused-ring (bicyclic) bond motifs is 1. The van der Waals surface area contributed by atoms with Crippen LogP contribution >= 0.6 is 11.8 Å². The summed E-state index contributed by atoms with van der Waals surface area (Å²) in [5, 5.41) is 1.15. The van der Waals surface area contributed by atoms with Gasteiger partial charge in [0.05, 0.1) is 22.8 Å². The number of carbonyl (C=O) groups is 1. The van der Waals surface area contributed by atoms with Gasteiger partial charge in [0.25, 0.3) is 5.56 Å². The Balaban J connectivity index is 1.81. The van der Waals surface area contributed by atoms with Crippen molar-refractivity contribution >= 4 is 28.6 Å². The number of carbonyl (C=O) groups excluding carboxylic acids is 1. The monoisotopic (exact) mass is 396 g/mol. The fourth-order valence-electron chi connectivity index (χ4n) is 2.96. The molecule has 0 aliphatic heterocycles. The molecule has 1 heterocycles. The lowest BCUT2D eigenvalue weighted by molar-refractivity contribution is -0.144. The van der Waals surface area contributed by atoms with Gasteiger partial charge in [-0.2, -0.15) is 0 Å². The summed E-state index contributed by atoms with van der Waals surface area (Å²) >= 11 is 1.25. The summed E-state index contributed by atoms with van der Waals surface area (Å²) in [6, 6.07) is 17.5. The third-order valence-electron chi connectivity index (χ3n) is 4.20. The van der Waals surface area contributed by atoms with E-state index in [0.29, 0.717) is 22.6 Å². The van der Waals surface area contributed by atoms with Gasteiger partial charge in [-0.25, -0.2) is 4.98 Å². The average Bonchev–Trinajstić information content (AvgIpc) is 2.68. The first-order valence-corrected chi connectivity index (χ1v) is 10.4. The van der Waals surface area contributed by atoms with Crippen LogP contribution < -0.4 is 5.56 Å². The molecule has 0 saturated carbocycles. The fraction of sp³-hybridized carbons (Fsp3) is 0.318. The van der Waals surface area contributed by atoms with Crippen LogP contribution in [0.1, 0.15) is 25.8 Å². The Morgan fingerprint density at radius 3 is 2.57 bits per heavy atom. The first kappa shape index (κ1) is 20.1. The highest BCUT2D eigenvalue weighted by Crippen LogP contribution is 2.19. The van der Waals surface area contributed by atoms with Crippen LogP contribution in [0.2, 0.25) is 0 Å². The van der Waals surface area contributed by atoms with Crippen molar-refractivity contribution in [3.8, 4) is 0 Å². The molecule has 0 bridgehead atoms. The molecule has 0 aliphatic rings. The topological polar surface area (TPSA) is 61.2 Å². The molecule has 0 fully saturated rings. The van der Waals surface area contributed by atoms with Crippen molar-refractivity contribution in [2.45, 2.75) is 44.5 Å². The molecule has 0 atom stereocenters. The van der Waals surface area contributed by atoms with Gasteiger partial charge in [-0.1, -0.05) is 54.2 Å². The minimum Gasteiger partial charge on any atom is -0.462 e. The lowest BCUT2D eigenvalue weighted by Gasteiger charge is -2.13. The van der Waals surface area contributed by atoms with E-state index in [1.807, 2.05) is 50.2 Å². The molecule has 2 aromatic carbocycles. The van der Waals surface area contributed by atoms with Gasteiger partial charge in [0.1, 0.15) is 0 Å². The molecular weight excluding hydrogens is 372 g/mol. The minimum atomic E-state index is -0.307. The predicted octanol–water partition coefficient (Wildman–Crippen LogP) is 4.07. The van der Waals surface area contributed by atoms with Crippen molar-refractivity contribution in [1.29, 1.82) is 0 Å². The molecule has 1 aromatic heterocycles. The molecule has 0 radical (unpaired) electrons.